The topological polar surface area (TPSA) is 29.9 Å². The van der Waals surface area contributed by atoms with E-state index in [0.29, 0.717) is 0 Å². The Balaban J connectivity index is 2.23. The van der Waals surface area contributed by atoms with Crippen molar-refractivity contribution in [3.05, 3.63) is 38.8 Å². The highest BCUT2D eigenvalue weighted by atomic mass is 79.9. The zero-order valence-corrected chi connectivity index (χ0v) is 11.7. The van der Waals surface area contributed by atoms with Crippen LogP contribution in [0.25, 0.3) is 0 Å². The molecule has 0 bridgehead atoms. The molecule has 0 aliphatic rings. The summed E-state index contributed by atoms with van der Waals surface area (Å²) in [4.78, 5) is 0. The van der Waals surface area contributed by atoms with Gasteiger partial charge in [-0.25, -0.2) is 0 Å². The number of aryl methyl sites for hydroxylation is 1. The highest BCUT2D eigenvalue weighted by Crippen LogP contribution is 2.25. The summed E-state index contributed by atoms with van der Waals surface area (Å²) in [5.41, 5.74) is 2.55. The summed E-state index contributed by atoms with van der Waals surface area (Å²) in [6.07, 6.45) is 2.82. The van der Waals surface area contributed by atoms with Gasteiger partial charge in [0.15, 0.2) is 0 Å². The van der Waals surface area contributed by atoms with Crippen molar-refractivity contribution in [1.82, 2.24) is 15.1 Å². The van der Waals surface area contributed by atoms with E-state index >= 15 is 0 Å². The summed E-state index contributed by atoms with van der Waals surface area (Å²) < 4.78 is 2.97. The van der Waals surface area contributed by atoms with Gasteiger partial charge in [-0.1, -0.05) is 0 Å². The Morgan fingerprint density at radius 2 is 2.44 bits per heavy atom. The Hall–Kier alpha value is -0.650. The lowest BCUT2D eigenvalue weighted by atomic mass is 10.1. The molecule has 2 rings (SSSR count). The number of hydrogen-bond acceptors (Lipinski definition) is 3. The van der Waals surface area contributed by atoms with Crippen LogP contribution in [-0.4, -0.2) is 16.8 Å². The molecule has 3 nitrogen and oxygen atoms in total. The Labute approximate surface area is 108 Å². The van der Waals surface area contributed by atoms with Gasteiger partial charge >= 0.3 is 0 Å². The number of nitrogens with one attached hydrogen (secondary N) is 1. The van der Waals surface area contributed by atoms with E-state index in [1.54, 1.807) is 11.3 Å². The van der Waals surface area contributed by atoms with Crippen LogP contribution in [0.2, 0.25) is 0 Å². The van der Waals surface area contributed by atoms with Crippen molar-refractivity contribution in [2.24, 2.45) is 7.05 Å². The van der Waals surface area contributed by atoms with Crippen LogP contribution in [0.15, 0.2) is 27.5 Å². The molecular formula is C11H14BrN3S. The minimum Gasteiger partial charge on any atom is -0.311 e. The van der Waals surface area contributed by atoms with Crippen molar-refractivity contribution in [3.63, 3.8) is 0 Å². The predicted molar refractivity (Wildman–Crippen MR) is 70.7 cm³/mol. The number of halogens is 1. The number of hydrogen-bond donors (Lipinski definition) is 1. The number of nitrogens with zero attached hydrogens (tertiary/aromatic N) is 2. The van der Waals surface area contributed by atoms with E-state index in [9.17, 15) is 0 Å². The second-order valence-electron chi connectivity index (χ2n) is 3.68. The van der Waals surface area contributed by atoms with Crippen LogP contribution in [0.4, 0.5) is 0 Å². The lowest BCUT2D eigenvalue weighted by molar-refractivity contribution is 0.536. The fraction of sp³-hybridized carbons (Fsp3) is 0.364. The van der Waals surface area contributed by atoms with Crippen LogP contribution >= 0.6 is 27.3 Å². The predicted octanol–water partition coefficient (Wildman–Crippen LogP) is 2.75. The van der Waals surface area contributed by atoms with Crippen molar-refractivity contribution in [2.45, 2.75) is 12.5 Å². The van der Waals surface area contributed by atoms with Crippen molar-refractivity contribution in [2.75, 3.05) is 7.05 Å². The maximum atomic E-state index is 4.25. The van der Waals surface area contributed by atoms with Crippen LogP contribution in [0.1, 0.15) is 17.3 Å². The number of likely N-dealkylation sites (N-methyl/N-ethyl adjacent to an activating group) is 1. The molecule has 0 amide bonds. The molecule has 0 saturated carbocycles. The van der Waals surface area contributed by atoms with Gasteiger partial charge in [0.2, 0.25) is 0 Å². The Morgan fingerprint density at radius 1 is 1.62 bits per heavy atom. The standard InChI is InChI=1S/C11H14BrN3S/c1-13-10(5-8-3-4-16-7-8)11-9(12)6-14-15(11)2/h3-4,6-7,10,13H,5H2,1-2H3. The monoisotopic (exact) mass is 299 g/mol. The van der Waals surface area contributed by atoms with Gasteiger partial charge in [-0.2, -0.15) is 16.4 Å². The molecule has 1 unspecified atom stereocenters. The van der Waals surface area contributed by atoms with E-state index < -0.39 is 0 Å². The molecule has 5 heteroatoms. The summed E-state index contributed by atoms with van der Waals surface area (Å²) in [6.45, 7) is 0. The fourth-order valence-electron chi connectivity index (χ4n) is 1.79. The molecular weight excluding hydrogens is 286 g/mol. The maximum Gasteiger partial charge on any atom is 0.0695 e. The quantitative estimate of drug-likeness (QED) is 0.941. The van der Waals surface area contributed by atoms with Gasteiger partial charge < -0.3 is 5.32 Å². The minimum atomic E-state index is 0.288. The molecule has 0 spiro atoms. The second kappa shape index (κ2) is 5.12. The van der Waals surface area contributed by atoms with Gasteiger partial charge in [-0.05, 0) is 51.8 Å². The van der Waals surface area contributed by atoms with Gasteiger partial charge in [-0.15, -0.1) is 0 Å². The van der Waals surface area contributed by atoms with Crippen molar-refractivity contribution >= 4 is 27.3 Å². The molecule has 1 atom stereocenters. The van der Waals surface area contributed by atoms with E-state index in [-0.39, 0.29) is 6.04 Å². The van der Waals surface area contributed by atoms with E-state index in [1.165, 1.54) is 11.3 Å². The third-order valence-electron chi connectivity index (χ3n) is 2.64. The Bertz CT molecular complexity index is 430. The van der Waals surface area contributed by atoms with E-state index in [4.69, 9.17) is 0 Å². The molecule has 2 aromatic heterocycles. The van der Waals surface area contributed by atoms with Gasteiger partial charge in [0.1, 0.15) is 0 Å². The average Bonchev–Trinajstić information content (AvgIpc) is 2.87. The fourth-order valence-corrected chi connectivity index (χ4v) is 3.10. The molecule has 0 fully saturated rings. The molecule has 2 aromatic rings. The lowest BCUT2D eigenvalue weighted by Crippen LogP contribution is -2.21. The average molecular weight is 300 g/mol. The van der Waals surface area contributed by atoms with E-state index in [1.807, 2.05) is 25.0 Å². The zero-order valence-electron chi connectivity index (χ0n) is 9.27. The Morgan fingerprint density at radius 3 is 2.94 bits per heavy atom. The number of thiophene rings is 1. The van der Waals surface area contributed by atoms with Crippen LogP contribution in [0, 0.1) is 0 Å². The van der Waals surface area contributed by atoms with E-state index in [0.717, 1.165) is 10.9 Å². The molecule has 2 heterocycles. The molecule has 1 N–H and O–H groups in total. The SMILES string of the molecule is CNC(Cc1ccsc1)c1c(Br)cnn1C. The summed E-state index contributed by atoms with van der Waals surface area (Å²) in [5.74, 6) is 0. The zero-order chi connectivity index (χ0) is 11.5. The van der Waals surface area contributed by atoms with Gasteiger partial charge in [-0.3, -0.25) is 4.68 Å². The minimum absolute atomic E-state index is 0.288. The highest BCUT2D eigenvalue weighted by molar-refractivity contribution is 9.10. The van der Waals surface area contributed by atoms with Crippen LogP contribution in [-0.2, 0) is 13.5 Å². The third kappa shape index (κ3) is 2.36. The molecule has 0 aromatic carbocycles. The molecule has 86 valence electrons. The van der Waals surface area contributed by atoms with Gasteiger partial charge in [0.05, 0.1) is 22.4 Å². The first kappa shape index (κ1) is 11.8. The number of aromatic nitrogens is 2. The summed E-state index contributed by atoms with van der Waals surface area (Å²) >= 11 is 5.28. The summed E-state index contributed by atoms with van der Waals surface area (Å²) in [7, 11) is 3.95. The first-order valence-corrected chi connectivity index (χ1v) is 6.81. The third-order valence-corrected chi connectivity index (χ3v) is 3.98. The van der Waals surface area contributed by atoms with Crippen LogP contribution in [0.5, 0.6) is 0 Å². The van der Waals surface area contributed by atoms with Crippen LogP contribution < -0.4 is 5.32 Å². The van der Waals surface area contributed by atoms with Gasteiger partial charge in [0.25, 0.3) is 0 Å². The maximum absolute atomic E-state index is 4.25. The molecule has 0 saturated heterocycles. The second-order valence-corrected chi connectivity index (χ2v) is 5.31. The first-order chi connectivity index (χ1) is 7.72. The summed E-state index contributed by atoms with van der Waals surface area (Å²) in [5, 5.41) is 11.9. The van der Waals surface area contributed by atoms with Crippen molar-refractivity contribution in [3.8, 4) is 0 Å². The number of rotatable bonds is 4. The lowest BCUT2D eigenvalue weighted by Gasteiger charge is -2.16. The largest absolute Gasteiger partial charge is 0.311 e. The van der Waals surface area contributed by atoms with Crippen LogP contribution in [0.3, 0.4) is 0 Å². The highest BCUT2D eigenvalue weighted by Gasteiger charge is 2.17. The Kier molecular flexibility index (Phi) is 3.78. The smallest absolute Gasteiger partial charge is 0.0695 e. The van der Waals surface area contributed by atoms with Crippen molar-refractivity contribution < 1.29 is 0 Å². The van der Waals surface area contributed by atoms with Crippen molar-refractivity contribution in [1.29, 1.82) is 0 Å². The molecule has 0 aliphatic carbocycles. The molecule has 0 aliphatic heterocycles. The summed E-state index contributed by atoms with van der Waals surface area (Å²) in [6, 6.07) is 2.45. The molecule has 0 radical (unpaired) electrons. The molecule has 16 heavy (non-hydrogen) atoms. The van der Waals surface area contributed by atoms with Gasteiger partial charge in [0, 0.05) is 7.05 Å². The first-order valence-electron chi connectivity index (χ1n) is 5.08. The normalized spacial score (nSPS) is 12.9. The van der Waals surface area contributed by atoms with E-state index in [2.05, 4.69) is 43.2 Å².